The molecule has 2 fully saturated rings. The van der Waals surface area contributed by atoms with Gasteiger partial charge in [-0.1, -0.05) is 36.7 Å². The van der Waals surface area contributed by atoms with E-state index in [9.17, 15) is 13.2 Å². The van der Waals surface area contributed by atoms with Crippen LogP contribution in [0.15, 0.2) is 84.0 Å². The zero-order valence-corrected chi connectivity index (χ0v) is 24.4. The highest BCUT2D eigenvalue weighted by Gasteiger charge is 2.39. The first-order valence-corrected chi connectivity index (χ1v) is 15.7. The first kappa shape index (κ1) is 27.6. The number of ether oxygens (including phenoxy) is 1. The molecule has 3 heterocycles. The zero-order chi connectivity index (χ0) is 28.6. The first-order chi connectivity index (χ1) is 19.7. The van der Waals surface area contributed by atoms with Crippen molar-refractivity contribution in [3.05, 3.63) is 100 Å². The topological polar surface area (TPSA) is 89.7 Å². The number of aromatic nitrogens is 3. The SMILES string of the molecule is CC1(COc2c(N3CCN(S(=O)(=O)Cc4ccc(-n5cccc5)cc4)CC3)cnn(-c3cccc(Cl)c3)c2=O)CC1. The van der Waals surface area contributed by atoms with E-state index in [1.807, 2.05) is 58.3 Å². The van der Waals surface area contributed by atoms with Crippen LogP contribution in [0.2, 0.25) is 5.02 Å². The largest absolute Gasteiger partial charge is 0.486 e. The monoisotopic (exact) mass is 593 g/mol. The van der Waals surface area contributed by atoms with Gasteiger partial charge in [-0.05, 0) is 60.9 Å². The van der Waals surface area contributed by atoms with E-state index in [1.165, 1.54) is 8.99 Å². The van der Waals surface area contributed by atoms with Crippen LogP contribution in [0, 0.1) is 5.41 Å². The van der Waals surface area contributed by atoms with Gasteiger partial charge in [0.2, 0.25) is 15.8 Å². The summed E-state index contributed by atoms with van der Waals surface area (Å²) < 4.78 is 37.5. The maximum Gasteiger partial charge on any atom is 0.316 e. The van der Waals surface area contributed by atoms with E-state index in [2.05, 4.69) is 12.0 Å². The molecule has 2 aromatic heterocycles. The van der Waals surface area contributed by atoms with Gasteiger partial charge in [0.25, 0.3) is 0 Å². The summed E-state index contributed by atoms with van der Waals surface area (Å²) in [5, 5.41) is 4.93. The number of sulfonamides is 1. The third-order valence-electron chi connectivity index (χ3n) is 7.80. The molecule has 41 heavy (non-hydrogen) atoms. The molecule has 2 aromatic carbocycles. The van der Waals surface area contributed by atoms with Gasteiger partial charge in [0.1, 0.15) is 5.69 Å². The van der Waals surface area contributed by atoms with Crippen molar-refractivity contribution in [2.24, 2.45) is 5.41 Å². The van der Waals surface area contributed by atoms with Crippen molar-refractivity contribution in [1.29, 1.82) is 0 Å². The van der Waals surface area contributed by atoms with E-state index < -0.39 is 10.0 Å². The Kier molecular flexibility index (Phi) is 7.39. The van der Waals surface area contributed by atoms with E-state index >= 15 is 0 Å². The molecule has 2 aliphatic rings. The average molecular weight is 594 g/mol. The Morgan fingerprint density at radius 1 is 0.951 bits per heavy atom. The predicted octanol–water partition coefficient (Wildman–Crippen LogP) is 4.51. The number of halogens is 1. The lowest BCUT2D eigenvalue weighted by Gasteiger charge is -2.35. The van der Waals surface area contributed by atoms with Crippen molar-refractivity contribution < 1.29 is 13.2 Å². The lowest BCUT2D eigenvalue weighted by Crippen LogP contribution is -2.49. The zero-order valence-electron chi connectivity index (χ0n) is 22.8. The maximum absolute atomic E-state index is 13.6. The van der Waals surface area contributed by atoms with Gasteiger partial charge in [0.15, 0.2) is 0 Å². The second-order valence-electron chi connectivity index (χ2n) is 11.1. The third kappa shape index (κ3) is 6.05. The molecule has 1 aliphatic heterocycles. The molecule has 0 N–H and O–H groups in total. The van der Waals surface area contributed by atoms with Crippen molar-refractivity contribution in [3.8, 4) is 17.1 Å². The number of benzene rings is 2. The molecule has 0 bridgehead atoms. The fourth-order valence-corrected chi connectivity index (χ4v) is 6.67. The summed E-state index contributed by atoms with van der Waals surface area (Å²) in [6.07, 6.45) is 7.64. The van der Waals surface area contributed by atoms with Crippen molar-refractivity contribution in [3.63, 3.8) is 0 Å². The van der Waals surface area contributed by atoms with Crippen LogP contribution in [0.4, 0.5) is 5.69 Å². The minimum atomic E-state index is -3.52. The molecule has 1 saturated carbocycles. The van der Waals surface area contributed by atoms with E-state index in [0.29, 0.717) is 49.2 Å². The molecule has 1 saturated heterocycles. The summed E-state index contributed by atoms with van der Waals surface area (Å²) in [5.41, 5.74) is 2.54. The maximum atomic E-state index is 13.6. The lowest BCUT2D eigenvalue weighted by molar-refractivity contribution is 0.242. The number of piperazine rings is 1. The molecule has 0 radical (unpaired) electrons. The molecule has 9 nitrogen and oxygen atoms in total. The number of hydrogen-bond donors (Lipinski definition) is 0. The molecule has 11 heteroatoms. The van der Waals surface area contributed by atoms with Gasteiger partial charge in [-0.3, -0.25) is 4.79 Å². The standard InChI is InChI=1S/C30H32ClN5O4S/c1-30(11-12-30)22-40-28-27(20-32-36(29(28)37)26-6-4-5-24(31)19-26)34-15-17-35(18-16-34)41(38,39)21-23-7-9-25(10-8-23)33-13-2-3-14-33/h2-10,13-14,19-20H,11-12,15-18,21-22H2,1H3. The molecule has 4 aromatic rings. The number of nitrogens with zero attached hydrogens (tertiary/aromatic N) is 5. The summed E-state index contributed by atoms with van der Waals surface area (Å²) in [5.74, 6) is 0.163. The second kappa shape index (κ2) is 11.0. The predicted molar refractivity (Wildman–Crippen MR) is 160 cm³/mol. The van der Waals surface area contributed by atoms with E-state index in [1.54, 1.807) is 30.5 Å². The highest BCUT2D eigenvalue weighted by molar-refractivity contribution is 7.88. The van der Waals surface area contributed by atoms with E-state index in [0.717, 1.165) is 24.1 Å². The van der Waals surface area contributed by atoms with Crippen LogP contribution in [0.3, 0.4) is 0 Å². The normalized spacial score (nSPS) is 17.0. The summed E-state index contributed by atoms with van der Waals surface area (Å²) >= 11 is 6.16. The molecule has 0 unspecified atom stereocenters. The summed E-state index contributed by atoms with van der Waals surface area (Å²) in [6.45, 7) is 4.02. The molecule has 0 atom stereocenters. The van der Waals surface area contributed by atoms with Crippen LogP contribution >= 0.6 is 11.6 Å². The molecular weight excluding hydrogens is 562 g/mol. The Labute approximate surface area is 244 Å². The van der Waals surface area contributed by atoms with Crippen molar-refractivity contribution in [1.82, 2.24) is 18.7 Å². The van der Waals surface area contributed by atoms with E-state index in [-0.39, 0.29) is 22.5 Å². The number of rotatable bonds is 9. The van der Waals surface area contributed by atoms with Gasteiger partial charge < -0.3 is 14.2 Å². The Bertz CT molecular complexity index is 1690. The molecule has 6 rings (SSSR count). The Morgan fingerprint density at radius 2 is 1.66 bits per heavy atom. The first-order valence-electron chi connectivity index (χ1n) is 13.7. The van der Waals surface area contributed by atoms with Gasteiger partial charge in [0, 0.05) is 54.7 Å². The molecule has 0 spiro atoms. The number of anilines is 1. The number of hydrogen-bond acceptors (Lipinski definition) is 6. The highest BCUT2D eigenvalue weighted by atomic mass is 35.5. The average Bonchev–Trinajstić information content (AvgIpc) is 3.45. The highest BCUT2D eigenvalue weighted by Crippen LogP contribution is 2.45. The Hall–Kier alpha value is -3.60. The van der Waals surface area contributed by atoms with Crippen molar-refractivity contribution in [2.45, 2.75) is 25.5 Å². The fraction of sp³-hybridized carbons (Fsp3) is 0.333. The second-order valence-corrected chi connectivity index (χ2v) is 13.5. The van der Waals surface area contributed by atoms with Crippen LogP contribution in [-0.2, 0) is 15.8 Å². The van der Waals surface area contributed by atoms with Crippen molar-refractivity contribution in [2.75, 3.05) is 37.7 Å². The Morgan fingerprint density at radius 3 is 2.32 bits per heavy atom. The summed E-state index contributed by atoms with van der Waals surface area (Å²) in [7, 11) is -3.52. The minimum absolute atomic E-state index is 0.0663. The van der Waals surface area contributed by atoms with Gasteiger partial charge in [-0.25, -0.2) is 8.42 Å². The fourth-order valence-electron chi connectivity index (χ4n) is 4.97. The lowest BCUT2D eigenvalue weighted by atomic mass is 10.2. The molecule has 1 aliphatic carbocycles. The van der Waals surface area contributed by atoms with E-state index in [4.69, 9.17) is 16.3 Å². The molecule has 0 amide bonds. The smallest absolute Gasteiger partial charge is 0.316 e. The quantitative estimate of drug-likeness (QED) is 0.284. The van der Waals surface area contributed by atoms with Gasteiger partial charge in [-0.2, -0.15) is 14.1 Å². The van der Waals surface area contributed by atoms with Crippen LogP contribution in [0.1, 0.15) is 25.3 Å². The third-order valence-corrected chi connectivity index (χ3v) is 9.88. The van der Waals surface area contributed by atoms with Crippen LogP contribution in [-0.4, -0.2) is 59.9 Å². The summed E-state index contributed by atoms with van der Waals surface area (Å²) in [6, 6.07) is 18.4. The minimum Gasteiger partial charge on any atom is -0.486 e. The van der Waals surface area contributed by atoms with Gasteiger partial charge >= 0.3 is 5.56 Å². The molecule has 214 valence electrons. The van der Waals surface area contributed by atoms with Crippen LogP contribution in [0.25, 0.3) is 11.4 Å². The van der Waals surface area contributed by atoms with Crippen LogP contribution in [0.5, 0.6) is 5.75 Å². The molecular formula is C30H32ClN5O4S. The van der Waals surface area contributed by atoms with Gasteiger partial charge in [0.05, 0.1) is 24.2 Å². The van der Waals surface area contributed by atoms with Crippen LogP contribution < -0.4 is 15.2 Å². The summed E-state index contributed by atoms with van der Waals surface area (Å²) in [4.78, 5) is 15.6. The van der Waals surface area contributed by atoms with Crippen molar-refractivity contribution >= 4 is 27.3 Å². The van der Waals surface area contributed by atoms with Gasteiger partial charge in [-0.15, -0.1) is 0 Å². The Balaban J connectivity index is 1.18.